The lowest BCUT2D eigenvalue weighted by atomic mass is 10.00. The van der Waals surface area contributed by atoms with E-state index in [1.165, 1.54) is 5.56 Å². The molecule has 6 nitrogen and oxygen atoms in total. The molecule has 1 aromatic heterocycles. The van der Waals surface area contributed by atoms with Crippen molar-refractivity contribution >= 4 is 11.6 Å². The van der Waals surface area contributed by atoms with Gasteiger partial charge in [-0.25, -0.2) is 0 Å². The van der Waals surface area contributed by atoms with Crippen molar-refractivity contribution in [3.05, 3.63) is 40.2 Å². The molecule has 2 aromatic rings. The Morgan fingerprint density at radius 3 is 3.18 bits per heavy atom. The fraction of sp³-hybridized carbons (Fsp3) is 0.467. The smallest absolute Gasteiger partial charge is 0.127 e. The topological polar surface area (TPSA) is 74.3 Å². The van der Waals surface area contributed by atoms with Gasteiger partial charge in [0.05, 0.1) is 12.8 Å². The van der Waals surface area contributed by atoms with Crippen LogP contribution in [0, 0.1) is 0 Å². The number of nitrogens with zero attached hydrogens (tertiary/aromatic N) is 3. The Bertz CT molecular complexity index is 691. The summed E-state index contributed by atoms with van der Waals surface area (Å²) >= 11 is 6.21. The summed E-state index contributed by atoms with van der Waals surface area (Å²) in [7, 11) is 0. The molecule has 116 valence electrons. The molecule has 0 amide bonds. The minimum absolute atomic E-state index is 0.529. The minimum atomic E-state index is -0.935. The average molecular weight is 321 g/mol. The van der Waals surface area contributed by atoms with Gasteiger partial charge in [-0.2, -0.15) is 15.4 Å². The van der Waals surface area contributed by atoms with Crippen molar-refractivity contribution in [3.63, 3.8) is 0 Å². The van der Waals surface area contributed by atoms with E-state index in [4.69, 9.17) is 16.3 Å². The summed E-state index contributed by atoms with van der Waals surface area (Å²) in [5.74, 6) is 0.960. The number of H-pyrrole nitrogens is 1. The summed E-state index contributed by atoms with van der Waals surface area (Å²) in [6.07, 6.45) is 3.14. The van der Waals surface area contributed by atoms with Crippen molar-refractivity contribution in [1.82, 2.24) is 20.3 Å². The van der Waals surface area contributed by atoms with Crippen LogP contribution >= 0.6 is 11.6 Å². The van der Waals surface area contributed by atoms with Gasteiger partial charge in [0.2, 0.25) is 0 Å². The zero-order valence-corrected chi connectivity index (χ0v) is 12.8. The maximum absolute atomic E-state index is 10.7. The van der Waals surface area contributed by atoms with Gasteiger partial charge in [-0.1, -0.05) is 11.6 Å². The summed E-state index contributed by atoms with van der Waals surface area (Å²) in [6, 6.07) is 3.93. The third-order valence-electron chi connectivity index (χ3n) is 4.44. The van der Waals surface area contributed by atoms with E-state index in [0.717, 1.165) is 29.3 Å². The van der Waals surface area contributed by atoms with Gasteiger partial charge in [0.25, 0.3) is 0 Å². The van der Waals surface area contributed by atoms with E-state index in [9.17, 15) is 5.11 Å². The Kier molecular flexibility index (Phi) is 3.32. The lowest BCUT2D eigenvalue weighted by Crippen LogP contribution is -2.31. The predicted molar refractivity (Wildman–Crippen MR) is 80.8 cm³/mol. The van der Waals surface area contributed by atoms with E-state index in [1.807, 2.05) is 12.1 Å². The Hall–Kier alpha value is -1.63. The first-order chi connectivity index (χ1) is 10.6. The van der Waals surface area contributed by atoms with E-state index in [0.29, 0.717) is 31.8 Å². The van der Waals surface area contributed by atoms with Crippen molar-refractivity contribution in [2.75, 3.05) is 19.7 Å². The molecule has 0 spiro atoms. The van der Waals surface area contributed by atoms with Crippen molar-refractivity contribution in [1.29, 1.82) is 0 Å². The number of fused-ring (bicyclic) bond motifs is 1. The zero-order valence-electron chi connectivity index (χ0n) is 12.0. The molecule has 2 aliphatic rings. The van der Waals surface area contributed by atoms with Crippen molar-refractivity contribution < 1.29 is 9.84 Å². The molecule has 2 N–H and O–H groups in total. The zero-order chi connectivity index (χ0) is 15.2. The second-order valence-electron chi connectivity index (χ2n) is 6.00. The number of halogens is 1. The van der Waals surface area contributed by atoms with Gasteiger partial charge in [-0.15, -0.1) is 0 Å². The number of aromatic amines is 1. The Morgan fingerprint density at radius 1 is 1.45 bits per heavy atom. The van der Waals surface area contributed by atoms with Gasteiger partial charge in [-0.3, -0.25) is 4.90 Å². The van der Waals surface area contributed by atoms with Crippen LogP contribution in [0.4, 0.5) is 0 Å². The van der Waals surface area contributed by atoms with Crippen LogP contribution in [-0.4, -0.2) is 45.1 Å². The summed E-state index contributed by atoms with van der Waals surface area (Å²) in [5, 5.41) is 21.8. The second kappa shape index (κ2) is 5.22. The van der Waals surface area contributed by atoms with Gasteiger partial charge in [-0.05, 0) is 24.1 Å². The number of benzene rings is 1. The highest BCUT2D eigenvalue weighted by atomic mass is 35.5. The third-order valence-corrected chi connectivity index (χ3v) is 4.66. The van der Waals surface area contributed by atoms with Crippen LogP contribution in [0.5, 0.6) is 5.75 Å². The first-order valence-corrected chi connectivity index (χ1v) is 7.77. The molecule has 1 saturated heterocycles. The van der Waals surface area contributed by atoms with Crippen molar-refractivity contribution in [2.24, 2.45) is 0 Å². The summed E-state index contributed by atoms with van der Waals surface area (Å²) in [4.78, 5) is 2.20. The molecular formula is C15H17ClN4O2. The van der Waals surface area contributed by atoms with Crippen molar-refractivity contribution in [3.8, 4) is 5.75 Å². The van der Waals surface area contributed by atoms with E-state index in [2.05, 4.69) is 20.3 Å². The molecule has 4 rings (SSSR count). The fourth-order valence-electron chi connectivity index (χ4n) is 3.35. The Balaban J connectivity index is 1.54. The standard InChI is InChI=1S/C15H17ClN4O2/c16-12-5-10-1-4-22-14(10)11(6-12)8-20-3-2-15(21,9-20)13-7-17-19-18-13/h5-7,21H,1-4,8-9H2,(H,17,18,19). The van der Waals surface area contributed by atoms with Crippen LogP contribution < -0.4 is 4.74 Å². The molecule has 2 aliphatic heterocycles. The summed E-state index contributed by atoms with van der Waals surface area (Å²) < 4.78 is 5.74. The van der Waals surface area contributed by atoms with E-state index >= 15 is 0 Å². The van der Waals surface area contributed by atoms with E-state index in [1.54, 1.807) is 6.20 Å². The SMILES string of the molecule is OC1(c2cn[nH]n2)CCN(Cc2cc(Cl)cc3c2OCC3)C1. The van der Waals surface area contributed by atoms with E-state index < -0.39 is 5.60 Å². The number of β-amino-alcohol motifs (C(OH)–C–C–N with tert-alkyl or cyclic N) is 1. The normalized spacial score (nSPS) is 24.5. The lowest BCUT2D eigenvalue weighted by Gasteiger charge is -2.21. The van der Waals surface area contributed by atoms with Crippen LogP contribution in [0.3, 0.4) is 0 Å². The lowest BCUT2D eigenvalue weighted by molar-refractivity contribution is 0.0408. The second-order valence-corrected chi connectivity index (χ2v) is 6.44. The fourth-order valence-corrected chi connectivity index (χ4v) is 3.61. The molecule has 1 aromatic carbocycles. The van der Waals surface area contributed by atoms with Gasteiger partial charge < -0.3 is 9.84 Å². The maximum Gasteiger partial charge on any atom is 0.127 e. The monoisotopic (exact) mass is 320 g/mol. The highest BCUT2D eigenvalue weighted by molar-refractivity contribution is 6.30. The number of aliphatic hydroxyl groups is 1. The number of ether oxygens (including phenoxy) is 1. The quantitative estimate of drug-likeness (QED) is 0.896. The minimum Gasteiger partial charge on any atom is -0.493 e. The first kappa shape index (κ1) is 14.0. The van der Waals surface area contributed by atoms with Gasteiger partial charge in [0.1, 0.15) is 17.0 Å². The molecule has 0 aliphatic carbocycles. The number of nitrogens with one attached hydrogen (secondary N) is 1. The first-order valence-electron chi connectivity index (χ1n) is 7.39. The average Bonchev–Trinajstić information content (AvgIpc) is 3.18. The molecular weight excluding hydrogens is 304 g/mol. The number of likely N-dealkylation sites (tertiary alicyclic amines) is 1. The van der Waals surface area contributed by atoms with Gasteiger partial charge in [0, 0.05) is 36.6 Å². The number of hydrogen-bond donors (Lipinski definition) is 2. The Morgan fingerprint density at radius 2 is 2.36 bits per heavy atom. The van der Waals surface area contributed by atoms with Gasteiger partial charge in [0.15, 0.2) is 0 Å². The largest absolute Gasteiger partial charge is 0.493 e. The molecule has 1 fully saturated rings. The number of hydrogen-bond acceptors (Lipinski definition) is 5. The van der Waals surface area contributed by atoms with Crippen LogP contribution in [0.15, 0.2) is 18.3 Å². The molecule has 0 saturated carbocycles. The van der Waals surface area contributed by atoms with E-state index in [-0.39, 0.29) is 0 Å². The van der Waals surface area contributed by atoms with Crippen molar-refractivity contribution in [2.45, 2.75) is 25.0 Å². The molecule has 7 heteroatoms. The summed E-state index contributed by atoms with van der Waals surface area (Å²) in [6.45, 7) is 2.75. The summed E-state index contributed by atoms with van der Waals surface area (Å²) in [5.41, 5.74) is 1.93. The molecule has 3 heterocycles. The van der Waals surface area contributed by atoms with Crippen LogP contribution in [0.2, 0.25) is 5.02 Å². The Labute approximate surface area is 133 Å². The number of rotatable bonds is 3. The highest BCUT2D eigenvalue weighted by Gasteiger charge is 2.40. The predicted octanol–water partition coefficient (Wildman–Crippen LogP) is 1.49. The third kappa shape index (κ3) is 2.37. The van der Waals surface area contributed by atoms with Crippen LogP contribution in [0.1, 0.15) is 23.2 Å². The van der Waals surface area contributed by atoms with Gasteiger partial charge >= 0.3 is 0 Å². The molecule has 1 unspecified atom stereocenters. The molecule has 22 heavy (non-hydrogen) atoms. The molecule has 1 atom stereocenters. The number of aromatic nitrogens is 3. The van der Waals surface area contributed by atoms with Crippen LogP contribution in [-0.2, 0) is 18.6 Å². The molecule has 0 bridgehead atoms. The molecule has 0 radical (unpaired) electrons. The highest BCUT2D eigenvalue weighted by Crippen LogP contribution is 2.36. The maximum atomic E-state index is 10.7. The van der Waals surface area contributed by atoms with Crippen LogP contribution in [0.25, 0.3) is 0 Å².